The summed E-state index contributed by atoms with van der Waals surface area (Å²) in [5, 5.41) is 3.29. The topological polar surface area (TPSA) is 15.3 Å². The van der Waals surface area contributed by atoms with Crippen LogP contribution in [0.15, 0.2) is 65.1 Å². The molecule has 2 rings (SSSR count). The van der Waals surface area contributed by atoms with E-state index in [0.717, 1.165) is 17.1 Å². The quantitative estimate of drug-likeness (QED) is 0.878. The molecule has 0 aromatic heterocycles. The zero-order valence-electron chi connectivity index (χ0n) is 11.5. The largest absolute Gasteiger partial charge is 0.338 e. The second-order valence-corrected chi connectivity index (χ2v) is 5.61. The van der Waals surface area contributed by atoms with Gasteiger partial charge in [0.2, 0.25) is 0 Å². The molecule has 1 aliphatic rings. The number of allylic oxidation sites excluding steroid dienone is 2. The van der Waals surface area contributed by atoms with Crippen LogP contribution < -0.4 is 10.2 Å². The van der Waals surface area contributed by atoms with E-state index in [2.05, 4.69) is 54.6 Å². The lowest BCUT2D eigenvalue weighted by Crippen LogP contribution is -2.38. The minimum Gasteiger partial charge on any atom is -0.338 e. The standard InChI is InChI=1S/C16H20N2S/c1-5-13-15(6-2)19-16-10-8-7-9-14(16)18(13)11-12(3)17-4/h5-10,12,17H,1-2,11H2,3-4H3. The summed E-state index contributed by atoms with van der Waals surface area (Å²) in [4.78, 5) is 4.75. The summed E-state index contributed by atoms with van der Waals surface area (Å²) in [5.74, 6) is 0. The maximum absolute atomic E-state index is 3.96. The second kappa shape index (κ2) is 6.13. The van der Waals surface area contributed by atoms with Crippen LogP contribution in [0.25, 0.3) is 0 Å². The highest BCUT2D eigenvalue weighted by Gasteiger charge is 2.23. The first-order valence-corrected chi connectivity index (χ1v) is 7.23. The van der Waals surface area contributed by atoms with Gasteiger partial charge >= 0.3 is 0 Å². The Morgan fingerprint density at radius 2 is 2.05 bits per heavy atom. The van der Waals surface area contributed by atoms with Crippen LogP contribution in [-0.4, -0.2) is 19.6 Å². The average molecular weight is 272 g/mol. The van der Waals surface area contributed by atoms with Gasteiger partial charge in [-0.2, -0.15) is 0 Å². The van der Waals surface area contributed by atoms with Gasteiger partial charge in [0.15, 0.2) is 0 Å². The van der Waals surface area contributed by atoms with Gasteiger partial charge in [-0.3, -0.25) is 0 Å². The number of benzene rings is 1. The molecule has 19 heavy (non-hydrogen) atoms. The number of hydrogen-bond acceptors (Lipinski definition) is 3. The van der Waals surface area contributed by atoms with Crippen LogP contribution in [0.5, 0.6) is 0 Å². The van der Waals surface area contributed by atoms with Gasteiger partial charge in [0.05, 0.1) is 11.4 Å². The van der Waals surface area contributed by atoms with Gasteiger partial charge in [0.25, 0.3) is 0 Å². The van der Waals surface area contributed by atoms with Crippen molar-refractivity contribution in [3.63, 3.8) is 0 Å². The van der Waals surface area contributed by atoms with Gasteiger partial charge < -0.3 is 10.2 Å². The SMILES string of the molecule is C=CC1=C(C=C)N(CC(C)NC)c2ccccc2S1. The highest BCUT2D eigenvalue weighted by molar-refractivity contribution is 8.03. The number of fused-ring (bicyclic) bond motifs is 1. The normalized spacial score (nSPS) is 16.0. The minimum atomic E-state index is 0.400. The van der Waals surface area contributed by atoms with E-state index in [1.807, 2.05) is 19.2 Å². The third-order valence-corrected chi connectivity index (χ3v) is 4.41. The number of hydrogen-bond donors (Lipinski definition) is 1. The van der Waals surface area contributed by atoms with Crippen molar-refractivity contribution < 1.29 is 0 Å². The number of anilines is 1. The molecule has 0 fully saturated rings. The molecule has 1 aromatic rings. The Morgan fingerprint density at radius 3 is 2.68 bits per heavy atom. The Morgan fingerprint density at radius 1 is 1.32 bits per heavy atom. The fourth-order valence-corrected chi connectivity index (χ4v) is 3.17. The van der Waals surface area contributed by atoms with Crippen molar-refractivity contribution in [1.29, 1.82) is 0 Å². The van der Waals surface area contributed by atoms with Crippen LogP contribution in [0, 0.1) is 0 Å². The van der Waals surface area contributed by atoms with Crippen molar-refractivity contribution in [2.75, 3.05) is 18.5 Å². The van der Waals surface area contributed by atoms with Gasteiger partial charge in [-0.25, -0.2) is 0 Å². The number of nitrogens with zero attached hydrogens (tertiary/aromatic N) is 1. The van der Waals surface area contributed by atoms with Crippen LogP contribution >= 0.6 is 11.8 Å². The Labute approximate surface area is 119 Å². The van der Waals surface area contributed by atoms with Crippen molar-refractivity contribution in [1.82, 2.24) is 5.32 Å². The highest BCUT2D eigenvalue weighted by Crippen LogP contribution is 2.43. The van der Waals surface area contributed by atoms with Crippen LogP contribution in [0.3, 0.4) is 0 Å². The molecule has 3 heteroatoms. The maximum Gasteiger partial charge on any atom is 0.0553 e. The molecule has 0 amide bonds. The van der Waals surface area contributed by atoms with Crippen molar-refractivity contribution >= 4 is 17.4 Å². The summed E-state index contributed by atoms with van der Waals surface area (Å²) in [6, 6.07) is 8.87. The number of likely N-dealkylation sites (N-methyl/N-ethyl adjacent to an activating group) is 1. The summed E-state index contributed by atoms with van der Waals surface area (Å²) in [6.07, 6.45) is 3.83. The van der Waals surface area contributed by atoms with E-state index in [-0.39, 0.29) is 0 Å². The molecule has 0 radical (unpaired) electrons. The molecule has 1 atom stereocenters. The molecule has 0 saturated heterocycles. The Kier molecular flexibility index (Phi) is 4.51. The molecule has 0 bridgehead atoms. The van der Waals surface area contributed by atoms with Gasteiger partial charge in [0.1, 0.15) is 0 Å². The summed E-state index contributed by atoms with van der Waals surface area (Å²) in [6.45, 7) is 11.0. The van der Waals surface area contributed by atoms with E-state index in [0.29, 0.717) is 6.04 Å². The molecule has 2 nitrogen and oxygen atoms in total. The summed E-state index contributed by atoms with van der Waals surface area (Å²) < 4.78 is 0. The Bertz CT molecular complexity index is 519. The minimum absolute atomic E-state index is 0.400. The number of nitrogens with one attached hydrogen (secondary N) is 1. The van der Waals surface area contributed by atoms with E-state index in [1.54, 1.807) is 11.8 Å². The smallest absolute Gasteiger partial charge is 0.0553 e. The van der Waals surface area contributed by atoms with E-state index < -0.39 is 0 Å². The van der Waals surface area contributed by atoms with E-state index in [9.17, 15) is 0 Å². The molecular formula is C16H20N2S. The third kappa shape index (κ3) is 2.77. The van der Waals surface area contributed by atoms with E-state index in [4.69, 9.17) is 0 Å². The van der Waals surface area contributed by atoms with Crippen LogP contribution in [0.2, 0.25) is 0 Å². The first-order chi connectivity index (χ1) is 9.21. The zero-order valence-corrected chi connectivity index (χ0v) is 12.3. The zero-order chi connectivity index (χ0) is 13.8. The van der Waals surface area contributed by atoms with Crippen molar-refractivity contribution in [3.05, 3.63) is 60.2 Å². The molecule has 1 unspecified atom stereocenters. The molecule has 0 saturated carbocycles. The monoisotopic (exact) mass is 272 g/mol. The lowest BCUT2D eigenvalue weighted by Gasteiger charge is -2.34. The van der Waals surface area contributed by atoms with Crippen LogP contribution in [0.1, 0.15) is 6.92 Å². The Hall–Kier alpha value is -1.45. The van der Waals surface area contributed by atoms with Gasteiger partial charge in [-0.1, -0.05) is 43.1 Å². The van der Waals surface area contributed by atoms with E-state index in [1.165, 1.54) is 10.6 Å². The van der Waals surface area contributed by atoms with Crippen LogP contribution in [0.4, 0.5) is 5.69 Å². The number of thioether (sulfide) groups is 1. The van der Waals surface area contributed by atoms with Crippen molar-refractivity contribution in [2.45, 2.75) is 17.9 Å². The molecule has 100 valence electrons. The number of para-hydroxylation sites is 1. The fraction of sp³-hybridized carbons (Fsp3) is 0.250. The Balaban J connectivity index is 2.47. The molecule has 1 aliphatic heterocycles. The summed E-state index contributed by atoms with van der Waals surface area (Å²) in [5.41, 5.74) is 2.39. The maximum atomic E-state index is 3.96. The molecular weight excluding hydrogens is 252 g/mol. The average Bonchev–Trinajstić information content (AvgIpc) is 2.46. The van der Waals surface area contributed by atoms with Crippen molar-refractivity contribution in [3.8, 4) is 0 Å². The second-order valence-electron chi connectivity index (χ2n) is 4.53. The predicted octanol–water partition coefficient (Wildman–Crippen LogP) is 3.79. The van der Waals surface area contributed by atoms with Crippen LogP contribution in [-0.2, 0) is 0 Å². The lowest BCUT2D eigenvalue weighted by atomic mass is 10.2. The summed E-state index contributed by atoms with van der Waals surface area (Å²) >= 11 is 1.76. The van der Waals surface area contributed by atoms with Gasteiger partial charge in [0, 0.05) is 22.4 Å². The molecule has 1 heterocycles. The van der Waals surface area contributed by atoms with E-state index >= 15 is 0 Å². The van der Waals surface area contributed by atoms with Crippen molar-refractivity contribution in [2.24, 2.45) is 0 Å². The summed E-state index contributed by atoms with van der Waals surface area (Å²) in [7, 11) is 1.99. The molecule has 1 N–H and O–H groups in total. The first kappa shape index (κ1) is 14.0. The number of rotatable bonds is 5. The molecule has 0 aliphatic carbocycles. The molecule has 1 aromatic carbocycles. The highest BCUT2D eigenvalue weighted by atomic mass is 32.2. The first-order valence-electron chi connectivity index (χ1n) is 6.42. The third-order valence-electron chi connectivity index (χ3n) is 3.25. The predicted molar refractivity (Wildman–Crippen MR) is 85.6 cm³/mol. The van der Waals surface area contributed by atoms with Gasteiger partial charge in [-0.05, 0) is 32.2 Å². The lowest BCUT2D eigenvalue weighted by molar-refractivity contribution is 0.606. The molecule has 0 spiro atoms. The van der Waals surface area contributed by atoms with Gasteiger partial charge in [-0.15, -0.1) is 0 Å². The fourth-order valence-electron chi connectivity index (χ4n) is 2.12.